The number of rotatable bonds is 4. The van der Waals surface area contributed by atoms with E-state index in [1.54, 1.807) is 6.07 Å². The summed E-state index contributed by atoms with van der Waals surface area (Å²) >= 11 is 23.2. The number of nitrogens with zero attached hydrogens (tertiary/aromatic N) is 2. The van der Waals surface area contributed by atoms with Crippen molar-refractivity contribution in [2.24, 2.45) is 0 Å². The van der Waals surface area contributed by atoms with Gasteiger partial charge in [0.2, 0.25) is 0 Å². The summed E-state index contributed by atoms with van der Waals surface area (Å²) in [7, 11) is 0. The van der Waals surface area contributed by atoms with Gasteiger partial charge in [0.1, 0.15) is 16.9 Å². The molecule has 21 heavy (non-hydrogen) atoms. The standard InChI is InChI=1S/C12H6Cl4N2O3/c13-7-3-9(18(19)20)10(4-8(7)14)21-5-6-1-2-11(15)17-12(6)16/h1-4H,5H2. The van der Waals surface area contributed by atoms with E-state index in [9.17, 15) is 10.1 Å². The van der Waals surface area contributed by atoms with Crippen LogP contribution in [0.15, 0.2) is 24.3 Å². The molecule has 9 heteroatoms. The molecular weight excluding hydrogens is 362 g/mol. The Balaban J connectivity index is 2.27. The molecule has 2 aromatic rings. The van der Waals surface area contributed by atoms with Crippen molar-refractivity contribution >= 4 is 52.1 Å². The fourth-order valence-corrected chi connectivity index (χ4v) is 2.19. The number of nitro groups is 1. The number of benzene rings is 1. The molecule has 1 aromatic carbocycles. The van der Waals surface area contributed by atoms with Gasteiger partial charge >= 0.3 is 5.69 Å². The first kappa shape index (κ1) is 16.1. The third-order valence-corrected chi connectivity index (χ3v) is 3.73. The van der Waals surface area contributed by atoms with Crippen LogP contribution < -0.4 is 4.74 Å². The summed E-state index contributed by atoms with van der Waals surface area (Å²) < 4.78 is 5.39. The Morgan fingerprint density at radius 3 is 2.43 bits per heavy atom. The zero-order valence-corrected chi connectivity index (χ0v) is 13.2. The summed E-state index contributed by atoms with van der Waals surface area (Å²) in [5.41, 5.74) is 0.240. The Morgan fingerprint density at radius 1 is 1.14 bits per heavy atom. The molecule has 0 saturated carbocycles. The first-order chi connectivity index (χ1) is 9.88. The molecule has 110 valence electrons. The number of pyridine rings is 1. The van der Waals surface area contributed by atoms with Crippen LogP contribution in [-0.4, -0.2) is 9.91 Å². The van der Waals surface area contributed by atoms with Gasteiger partial charge in [0.25, 0.3) is 0 Å². The van der Waals surface area contributed by atoms with Gasteiger partial charge in [-0.15, -0.1) is 0 Å². The molecule has 1 aromatic heterocycles. The number of ether oxygens (including phenoxy) is 1. The molecule has 0 unspecified atom stereocenters. The van der Waals surface area contributed by atoms with E-state index in [-0.39, 0.29) is 38.4 Å². The van der Waals surface area contributed by atoms with Gasteiger partial charge in [-0.05, 0) is 12.1 Å². The van der Waals surface area contributed by atoms with E-state index in [1.165, 1.54) is 12.1 Å². The quantitative estimate of drug-likeness (QED) is 0.424. The molecule has 0 amide bonds. The van der Waals surface area contributed by atoms with Crippen molar-refractivity contribution in [3.8, 4) is 5.75 Å². The van der Waals surface area contributed by atoms with Crippen LogP contribution in [0, 0.1) is 10.1 Å². The lowest BCUT2D eigenvalue weighted by molar-refractivity contribution is -0.385. The highest BCUT2D eigenvalue weighted by molar-refractivity contribution is 6.42. The van der Waals surface area contributed by atoms with Crippen LogP contribution in [0.5, 0.6) is 5.75 Å². The van der Waals surface area contributed by atoms with Gasteiger partial charge in [-0.2, -0.15) is 0 Å². The molecule has 2 rings (SSSR count). The Kier molecular flexibility index (Phi) is 5.11. The van der Waals surface area contributed by atoms with Crippen LogP contribution >= 0.6 is 46.4 Å². The molecule has 0 radical (unpaired) electrons. The summed E-state index contributed by atoms with van der Waals surface area (Å²) in [6.45, 7) is -0.0260. The van der Waals surface area contributed by atoms with E-state index >= 15 is 0 Å². The maximum absolute atomic E-state index is 11.0. The van der Waals surface area contributed by atoms with E-state index in [0.717, 1.165) is 6.07 Å². The first-order valence-corrected chi connectivity index (χ1v) is 6.97. The van der Waals surface area contributed by atoms with Crippen molar-refractivity contribution in [1.29, 1.82) is 0 Å². The molecule has 0 atom stereocenters. The van der Waals surface area contributed by atoms with E-state index < -0.39 is 4.92 Å². The van der Waals surface area contributed by atoms with E-state index in [2.05, 4.69) is 4.98 Å². The SMILES string of the molecule is O=[N+]([O-])c1cc(Cl)c(Cl)cc1OCc1ccc(Cl)nc1Cl. The zero-order valence-electron chi connectivity index (χ0n) is 10.1. The fourth-order valence-electron chi connectivity index (χ4n) is 1.48. The van der Waals surface area contributed by atoms with Gasteiger partial charge in [-0.1, -0.05) is 46.4 Å². The van der Waals surface area contributed by atoms with Crippen LogP contribution in [0.25, 0.3) is 0 Å². The number of nitro benzene ring substituents is 1. The molecule has 0 saturated heterocycles. The van der Waals surface area contributed by atoms with Crippen molar-refractivity contribution in [1.82, 2.24) is 4.98 Å². The second-order valence-electron chi connectivity index (χ2n) is 3.86. The average molecular weight is 368 g/mol. The van der Waals surface area contributed by atoms with Crippen LogP contribution in [0.3, 0.4) is 0 Å². The third-order valence-electron chi connectivity index (χ3n) is 2.47. The maximum Gasteiger partial charge on any atom is 0.312 e. The number of hydrogen-bond acceptors (Lipinski definition) is 4. The normalized spacial score (nSPS) is 10.5. The fraction of sp³-hybridized carbons (Fsp3) is 0.0833. The maximum atomic E-state index is 11.0. The zero-order chi connectivity index (χ0) is 15.6. The molecule has 1 heterocycles. The van der Waals surface area contributed by atoms with Crippen molar-refractivity contribution in [3.05, 3.63) is 60.3 Å². The summed E-state index contributed by atoms with van der Waals surface area (Å²) in [6, 6.07) is 5.55. The molecule has 0 fully saturated rings. The summed E-state index contributed by atoms with van der Waals surface area (Å²) in [6.07, 6.45) is 0. The van der Waals surface area contributed by atoms with Gasteiger partial charge < -0.3 is 4.74 Å². The number of halogens is 4. The average Bonchev–Trinajstić information content (AvgIpc) is 2.41. The molecule has 0 spiro atoms. The minimum Gasteiger partial charge on any atom is -0.482 e. The molecule has 0 N–H and O–H groups in total. The number of aromatic nitrogens is 1. The summed E-state index contributed by atoms with van der Waals surface area (Å²) in [5.74, 6) is -0.0135. The van der Waals surface area contributed by atoms with Gasteiger partial charge in [-0.3, -0.25) is 10.1 Å². The second kappa shape index (κ2) is 6.66. The highest BCUT2D eigenvalue weighted by Gasteiger charge is 2.19. The van der Waals surface area contributed by atoms with Crippen LogP contribution in [0.2, 0.25) is 20.4 Å². The van der Waals surface area contributed by atoms with Crippen molar-refractivity contribution in [2.75, 3.05) is 0 Å². The van der Waals surface area contributed by atoms with Gasteiger partial charge in [0, 0.05) is 17.7 Å². The minimum atomic E-state index is -0.612. The van der Waals surface area contributed by atoms with E-state index in [4.69, 9.17) is 51.1 Å². The molecular formula is C12H6Cl4N2O3. The molecule has 0 aliphatic rings. The monoisotopic (exact) mass is 366 g/mol. The Labute approximate surface area is 139 Å². The predicted octanol–water partition coefficient (Wildman–Crippen LogP) is 5.18. The summed E-state index contributed by atoms with van der Waals surface area (Å²) in [4.78, 5) is 14.2. The third kappa shape index (κ3) is 3.89. The smallest absolute Gasteiger partial charge is 0.312 e. The molecule has 0 aliphatic heterocycles. The van der Waals surface area contributed by atoms with Gasteiger partial charge in [0.05, 0.1) is 15.0 Å². The predicted molar refractivity (Wildman–Crippen MR) is 81.7 cm³/mol. The molecule has 0 bridgehead atoms. The largest absolute Gasteiger partial charge is 0.482 e. The van der Waals surface area contributed by atoms with E-state index in [1.807, 2.05) is 0 Å². The summed E-state index contributed by atoms with van der Waals surface area (Å²) in [5, 5.41) is 11.6. The van der Waals surface area contributed by atoms with Crippen LogP contribution in [-0.2, 0) is 6.61 Å². The van der Waals surface area contributed by atoms with Gasteiger partial charge in [-0.25, -0.2) is 4.98 Å². The highest BCUT2D eigenvalue weighted by atomic mass is 35.5. The van der Waals surface area contributed by atoms with Gasteiger partial charge in [0.15, 0.2) is 5.75 Å². The minimum absolute atomic E-state index is 0.0135. The topological polar surface area (TPSA) is 65.3 Å². The van der Waals surface area contributed by atoms with E-state index in [0.29, 0.717) is 5.56 Å². The lowest BCUT2D eigenvalue weighted by Gasteiger charge is -2.09. The van der Waals surface area contributed by atoms with Crippen LogP contribution in [0.4, 0.5) is 5.69 Å². The lowest BCUT2D eigenvalue weighted by atomic mass is 10.3. The lowest BCUT2D eigenvalue weighted by Crippen LogP contribution is -2.01. The van der Waals surface area contributed by atoms with Crippen molar-refractivity contribution in [2.45, 2.75) is 6.61 Å². The van der Waals surface area contributed by atoms with Crippen LogP contribution in [0.1, 0.15) is 5.56 Å². The number of hydrogen-bond donors (Lipinski definition) is 0. The van der Waals surface area contributed by atoms with Crippen molar-refractivity contribution < 1.29 is 9.66 Å². The first-order valence-electron chi connectivity index (χ1n) is 5.45. The second-order valence-corrected chi connectivity index (χ2v) is 5.42. The molecule has 5 nitrogen and oxygen atoms in total. The molecule has 0 aliphatic carbocycles. The Hall–Kier alpha value is -1.27. The Bertz CT molecular complexity index is 709. The highest BCUT2D eigenvalue weighted by Crippen LogP contribution is 2.36. The Morgan fingerprint density at radius 2 is 1.81 bits per heavy atom. The van der Waals surface area contributed by atoms with Crippen molar-refractivity contribution in [3.63, 3.8) is 0 Å².